The van der Waals surface area contributed by atoms with Crippen molar-refractivity contribution in [1.82, 2.24) is 5.32 Å². The van der Waals surface area contributed by atoms with Gasteiger partial charge < -0.3 is 9.73 Å². The lowest BCUT2D eigenvalue weighted by molar-refractivity contribution is 0.484. The first-order valence-electron chi connectivity index (χ1n) is 6.96. The van der Waals surface area contributed by atoms with Gasteiger partial charge in [-0.1, -0.05) is 31.2 Å². The van der Waals surface area contributed by atoms with E-state index in [-0.39, 0.29) is 0 Å². The van der Waals surface area contributed by atoms with E-state index in [1.807, 2.05) is 13.8 Å². The Hall–Kier alpha value is -1.54. The zero-order valence-corrected chi connectivity index (χ0v) is 12.3. The normalized spacial score (nSPS) is 12.6. The van der Waals surface area contributed by atoms with Gasteiger partial charge in [-0.15, -0.1) is 0 Å². The van der Waals surface area contributed by atoms with Crippen LogP contribution in [0.4, 0.5) is 0 Å². The molecule has 0 saturated heterocycles. The van der Waals surface area contributed by atoms with Crippen LogP contribution in [0.5, 0.6) is 0 Å². The van der Waals surface area contributed by atoms with Crippen LogP contribution in [0.2, 0.25) is 0 Å². The first-order chi connectivity index (χ1) is 9.11. The van der Waals surface area contributed by atoms with Crippen LogP contribution in [0.3, 0.4) is 0 Å². The third kappa shape index (κ3) is 3.27. The van der Waals surface area contributed by atoms with Crippen LogP contribution in [0, 0.1) is 20.8 Å². The molecule has 1 unspecified atom stereocenters. The van der Waals surface area contributed by atoms with Gasteiger partial charge in [0.1, 0.15) is 11.5 Å². The number of nitrogens with one attached hydrogen (secondary N) is 1. The summed E-state index contributed by atoms with van der Waals surface area (Å²) in [5.41, 5.74) is 4.03. The highest BCUT2D eigenvalue weighted by atomic mass is 16.3. The smallest absolute Gasteiger partial charge is 0.105 e. The molecule has 0 spiro atoms. The van der Waals surface area contributed by atoms with Crippen molar-refractivity contribution in [3.05, 3.63) is 58.5 Å². The molecule has 0 fully saturated rings. The first-order valence-corrected chi connectivity index (χ1v) is 6.96. The van der Waals surface area contributed by atoms with Gasteiger partial charge in [-0.3, -0.25) is 0 Å². The molecule has 1 heterocycles. The summed E-state index contributed by atoms with van der Waals surface area (Å²) in [4.78, 5) is 0. The molecule has 0 saturated carbocycles. The standard InChI is InChI=1S/C17H23NO/c1-5-18-17(16-10-13(3)19-14(16)4)11-15-9-7-6-8-12(15)2/h6-10,17-18H,5,11H2,1-4H3. The Balaban J connectivity index is 2.26. The van der Waals surface area contributed by atoms with Crippen LogP contribution in [0.15, 0.2) is 34.7 Å². The number of aryl methyl sites for hydroxylation is 3. The molecule has 1 aromatic carbocycles. The molecule has 102 valence electrons. The second kappa shape index (κ2) is 6.07. The van der Waals surface area contributed by atoms with Crippen molar-refractivity contribution in [2.24, 2.45) is 0 Å². The van der Waals surface area contributed by atoms with E-state index in [0.29, 0.717) is 6.04 Å². The molecule has 0 radical (unpaired) electrons. The minimum absolute atomic E-state index is 0.323. The van der Waals surface area contributed by atoms with E-state index in [9.17, 15) is 0 Å². The first kappa shape index (κ1) is 13.9. The monoisotopic (exact) mass is 257 g/mol. The Bertz CT molecular complexity index is 542. The van der Waals surface area contributed by atoms with Crippen molar-refractivity contribution in [3.63, 3.8) is 0 Å². The van der Waals surface area contributed by atoms with E-state index in [1.54, 1.807) is 0 Å². The Morgan fingerprint density at radius 3 is 2.47 bits per heavy atom. The average molecular weight is 257 g/mol. The van der Waals surface area contributed by atoms with Gasteiger partial charge in [-0.05, 0) is 50.9 Å². The summed E-state index contributed by atoms with van der Waals surface area (Å²) in [5.74, 6) is 2.01. The van der Waals surface area contributed by atoms with Crippen LogP contribution in [0.1, 0.15) is 41.2 Å². The van der Waals surface area contributed by atoms with Gasteiger partial charge in [0.25, 0.3) is 0 Å². The number of rotatable bonds is 5. The van der Waals surface area contributed by atoms with Crippen LogP contribution in [-0.4, -0.2) is 6.54 Å². The third-order valence-corrected chi connectivity index (χ3v) is 3.59. The third-order valence-electron chi connectivity index (χ3n) is 3.59. The quantitative estimate of drug-likeness (QED) is 0.872. The number of furan rings is 1. The maximum absolute atomic E-state index is 5.67. The van der Waals surface area contributed by atoms with Gasteiger partial charge in [0.2, 0.25) is 0 Å². The average Bonchev–Trinajstić information content (AvgIpc) is 2.70. The minimum atomic E-state index is 0.323. The molecule has 0 aliphatic heterocycles. The van der Waals surface area contributed by atoms with E-state index in [0.717, 1.165) is 24.5 Å². The summed E-state index contributed by atoms with van der Waals surface area (Å²) in [6, 6.07) is 11.1. The van der Waals surface area contributed by atoms with Gasteiger partial charge in [0.15, 0.2) is 0 Å². The number of benzene rings is 1. The zero-order valence-electron chi connectivity index (χ0n) is 12.3. The minimum Gasteiger partial charge on any atom is -0.466 e. The van der Waals surface area contributed by atoms with Gasteiger partial charge in [0, 0.05) is 11.6 Å². The van der Waals surface area contributed by atoms with E-state index in [4.69, 9.17) is 4.42 Å². The summed E-state index contributed by atoms with van der Waals surface area (Å²) in [6.07, 6.45) is 1.00. The summed E-state index contributed by atoms with van der Waals surface area (Å²) in [5, 5.41) is 3.57. The van der Waals surface area contributed by atoms with Crippen LogP contribution in [-0.2, 0) is 6.42 Å². The topological polar surface area (TPSA) is 25.2 Å². The lowest BCUT2D eigenvalue weighted by Crippen LogP contribution is -2.23. The zero-order chi connectivity index (χ0) is 13.8. The molecule has 0 amide bonds. The van der Waals surface area contributed by atoms with Gasteiger partial charge in [-0.2, -0.15) is 0 Å². The maximum atomic E-state index is 5.67. The van der Waals surface area contributed by atoms with Crippen molar-refractivity contribution < 1.29 is 4.42 Å². The maximum Gasteiger partial charge on any atom is 0.105 e. The van der Waals surface area contributed by atoms with Gasteiger partial charge in [0.05, 0.1) is 0 Å². The molecule has 0 bridgehead atoms. The molecule has 0 aliphatic carbocycles. The number of likely N-dealkylation sites (N-methyl/N-ethyl adjacent to an activating group) is 1. The van der Waals surface area contributed by atoms with E-state index < -0.39 is 0 Å². The van der Waals surface area contributed by atoms with E-state index in [1.165, 1.54) is 16.7 Å². The second-order valence-corrected chi connectivity index (χ2v) is 5.11. The van der Waals surface area contributed by atoms with E-state index in [2.05, 4.69) is 49.5 Å². The molecule has 1 aromatic heterocycles. The Morgan fingerprint density at radius 1 is 1.16 bits per heavy atom. The highest BCUT2D eigenvalue weighted by Gasteiger charge is 2.17. The van der Waals surface area contributed by atoms with E-state index >= 15 is 0 Å². The largest absolute Gasteiger partial charge is 0.466 e. The van der Waals surface area contributed by atoms with Crippen molar-refractivity contribution in [2.45, 2.75) is 40.2 Å². The fraction of sp³-hybridized carbons (Fsp3) is 0.412. The summed E-state index contributed by atoms with van der Waals surface area (Å²) < 4.78 is 5.67. The fourth-order valence-electron chi connectivity index (χ4n) is 2.59. The molecule has 1 N–H and O–H groups in total. The number of hydrogen-bond acceptors (Lipinski definition) is 2. The van der Waals surface area contributed by atoms with Crippen LogP contribution in [0.25, 0.3) is 0 Å². The highest BCUT2D eigenvalue weighted by Crippen LogP contribution is 2.25. The van der Waals surface area contributed by atoms with Crippen molar-refractivity contribution in [3.8, 4) is 0 Å². The van der Waals surface area contributed by atoms with Crippen molar-refractivity contribution >= 4 is 0 Å². The predicted octanol–water partition coefficient (Wildman–Crippen LogP) is 4.10. The fourth-order valence-corrected chi connectivity index (χ4v) is 2.59. The Labute approximate surface area is 115 Å². The van der Waals surface area contributed by atoms with Gasteiger partial charge >= 0.3 is 0 Å². The van der Waals surface area contributed by atoms with Crippen LogP contribution >= 0.6 is 0 Å². The molecule has 2 heteroatoms. The number of hydrogen-bond donors (Lipinski definition) is 1. The van der Waals surface area contributed by atoms with Gasteiger partial charge in [-0.25, -0.2) is 0 Å². The molecule has 1 atom stereocenters. The SMILES string of the molecule is CCNC(Cc1ccccc1C)c1cc(C)oc1C. The van der Waals surface area contributed by atoms with Crippen molar-refractivity contribution in [1.29, 1.82) is 0 Å². The lowest BCUT2D eigenvalue weighted by atomic mass is 9.96. The summed E-state index contributed by atoms with van der Waals surface area (Å²) in [7, 11) is 0. The summed E-state index contributed by atoms with van der Waals surface area (Å²) in [6.45, 7) is 9.33. The molecule has 2 rings (SSSR count). The molecule has 2 aromatic rings. The molecule has 2 nitrogen and oxygen atoms in total. The van der Waals surface area contributed by atoms with Crippen LogP contribution < -0.4 is 5.32 Å². The Morgan fingerprint density at radius 2 is 1.89 bits per heavy atom. The molecular formula is C17H23NO. The summed E-state index contributed by atoms with van der Waals surface area (Å²) >= 11 is 0. The highest BCUT2D eigenvalue weighted by molar-refractivity contribution is 5.31. The Kier molecular flexibility index (Phi) is 4.43. The lowest BCUT2D eigenvalue weighted by Gasteiger charge is -2.18. The predicted molar refractivity (Wildman–Crippen MR) is 79.5 cm³/mol. The second-order valence-electron chi connectivity index (χ2n) is 5.11. The molecule has 19 heavy (non-hydrogen) atoms. The molecular weight excluding hydrogens is 234 g/mol. The van der Waals surface area contributed by atoms with Crippen molar-refractivity contribution in [2.75, 3.05) is 6.54 Å². The molecule has 0 aliphatic rings.